The third kappa shape index (κ3) is 4.77. The van der Waals surface area contributed by atoms with Crippen molar-refractivity contribution >= 4 is 10.0 Å². The fourth-order valence-corrected chi connectivity index (χ4v) is 5.40. The van der Waals surface area contributed by atoms with E-state index in [1.807, 2.05) is 32.9 Å². The maximum absolute atomic E-state index is 12.9. The number of sulfonamides is 1. The highest BCUT2D eigenvalue weighted by molar-refractivity contribution is 7.89. The van der Waals surface area contributed by atoms with Crippen molar-refractivity contribution in [2.45, 2.75) is 38.5 Å². The molecule has 1 aliphatic heterocycles. The molecule has 1 saturated heterocycles. The van der Waals surface area contributed by atoms with Crippen LogP contribution in [0.2, 0.25) is 0 Å². The van der Waals surface area contributed by atoms with E-state index < -0.39 is 10.0 Å². The zero-order chi connectivity index (χ0) is 22.0. The van der Waals surface area contributed by atoms with Gasteiger partial charge in [0.25, 0.3) is 0 Å². The molecule has 0 aliphatic carbocycles. The normalized spacial score (nSPS) is 15.8. The van der Waals surface area contributed by atoms with E-state index in [1.165, 1.54) is 6.33 Å². The molecule has 0 spiro atoms. The second-order valence-corrected chi connectivity index (χ2v) is 9.97. The monoisotopic (exact) mass is 441 g/mol. The zero-order valence-corrected chi connectivity index (χ0v) is 18.8. The molecular weight excluding hydrogens is 414 g/mol. The fraction of sp³-hybridized carbons (Fsp3) is 0.409. The molecule has 31 heavy (non-hydrogen) atoms. The van der Waals surface area contributed by atoms with E-state index in [4.69, 9.17) is 4.74 Å². The van der Waals surface area contributed by atoms with E-state index >= 15 is 0 Å². The first-order valence-electron chi connectivity index (χ1n) is 10.4. The summed E-state index contributed by atoms with van der Waals surface area (Å²) in [4.78, 5) is 8.85. The minimum Gasteiger partial charge on any atom is -0.477 e. The van der Waals surface area contributed by atoms with Crippen molar-refractivity contribution in [2.75, 3.05) is 19.7 Å². The zero-order valence-electron chi connectivity index (χ0n) is 18.0. The Morgan fingerprint density at radius 2 is 1.84 bits per heavy atom. The Morgan fingerprint density at radius 1 is 1.06 bits per heavy atom. The lowest BCUT2D eigenvalue weighted by Crippen LogP contribution is -2.39. The SMILES string of the molecule is Cc1cccc(S(=O)(=O)N2CCC(COc3cc(-n4nc(C)cc4C)ncn3)CC2)c1. The molecule has 0 saturated carbocycles. The molecular formula is C22H27N5O3S. The molecule has 3 heterocycles. The summed E-state index contributed by atoms with van der Waals surface area (Å²) < 4.78 is 35.0. The van der Waals surface area contributed by atoms with Crippen LogP contribution < -0.4 is 4.74 Å². The van der Waals surface area contributed by atoms with Crippen LogP contribution in [0.15, 0.2) is 47.6 Å². The Bertz CT molecular complexity index is 1170. The largest absolute Gasteiger partial charge is 0.477 e. The van der Waals surface area contributed by atoms with E-state index in [0.29, 0.717) is 36.3 Å². The van der Waals surface area contributed by atoms with Gasteiger partial charge < -0.3 is 4.74 Å². The highest BCUT2D eigenvalue weighted by Gasteiger charge is 2.29. The van der Waals surface area contributed by atoms with Crippen molar-refractivity contribution in [3.8, 4) is 11.7 Å². The first-order chi connectivity index (χ1) is 14.8. The number of hydrogen-bond acceptors (Lipinski definition) is 6. The average molecular weight is 442 g/mol. The summed E-state index contributed by atoms with van der Waals surface area (Å²) in [5.74, 6) is 1.43. The topological polar surface area (TPSA) is 90.2 Å². The molecule has 1 aromatic carbocycles. The smallest absolute Gasteiger partial charge is 0.243 e. The summed E-state index contributed by atoms with van der Waals surface area (Å²) >= 11 is 0. The number of aromatic nitrogens is 4. The van der Waals surface area contributed by atoms with Gasteiger partial charge in [0.1, 0.15) is 6.33 Å². The van der Waals surface area contributed by atoms with Gasteiger partial charge in [-0.2, -0.15) is 9.40 Å². The van der Waals surface area contributed by atoms with E-state index in [9.17, 15) is 8.42 Å². The van der Waals surface area contributed by atoms with Gasteiger partial charge in [-0.3, -0.25) is 0 Å². The first kappa shape index (κ1) is 21.5. The summed E-state index contributed by atoms with van der Waals surface area (Å²) in [6, 6.07) is 10.8. The molecule has 0 amide bonds. The Kier molecular flexibility index (Phi) is 6.06. The number of rotatable bonds is 6. The van der Waals surface area contributed by atoms with Crippen LogP contribution >= 0.6 is 0 Å². The number of piperidine rings is 1. The molecule has 0 N–H and O–H groups in total. The third-order valence-electron chi connectivity index (χ3n) is 5.52. The van der Waals surface area contributed by atoms with Crippen molar-refractivity contribution < 1.29 is 13.2 Å². The van der Waals surface area contributed by atoms with Crippen LogP contribution in [-0.2, 0) is 10.0 Å². The van der Waals surface area contributed by atoms with Gasteiger partial charge in [0.15, 0.2) is 5.82 Å². The highest BCUT2D eigenvalue weighted by Crippen LogP contribution is 2.25. The van der Waals surface area contributed by atoms with Crippen molar-refractivity contribution in [3.05, 3.63) is 59.7 Å². The number of ether oxygens (including phenoxy) is 1. The molecule has 8 nitrogen and oxygen atoms in total. The Labute approximate surface area is 183 Å². The van der Waals surface area contributed by atoms with Crippen LogP contribution in [0.1, 0.15) is 29.8 Å². The van der Waals surface area contributed by atoms with Crippen LogP contribution in [0.4, 0.5) is 0 Å². The van der Waals surface area contributed by atoms with E-state index in [-0.39, 0.29) is 5.92 Å². The van der Waals surface area contributed by atoms with Gasteiger partial charge >= 0.3 is 0 Å². The maximum Gasteiger partial charge on any atom is 0.243 e. The summed E-state index contributed by atoms with van der Waals surface area (Å²) in [5, 5.41) is 4.44. The molecule has 0 radical (unpaired) electrons. The molecule has 4 rings (SSSR count). The molecule has 164 valence electrons. The summed E-state index contributed by atoms with van der Waals surface area (Å²) in [7, 11) is -3.45. The Morgan fingerprint density at radius 3 is 2.52 bits per heavy atom. The third-order valence-corrected chi connectivity index (χ3v) is 7.42. The highest BCUT2D eigenvalue weighted by atomic mass is 32.2. The standard InChI is InChI=1S/C22H27N5O3S/c1-16-5-4-6-20(11-16)31(28,29)26-9-7-19(8-10-26)14-30-22-13-21(23-15-24-22)27-18(3)12-17(2)25-27/h4-6,11-13,15,19H,7-10,14H2,1-3H3. The van der Waals surface area contributed by atoms with Crippen LogP contribution in [-0.4, -0.2) is 52.2 Å². The number of nitrogens with zero attached hydrogens (tertiary/aromatic N) is 5. The number of hydrogen-bond donors (Lipinski definition) is 0. The van der Waals surface area contributed by atoms with Gasteiger partial charge in [0.05, 0.1) is 17.2 Å². The van der Waals surface area contributed by atoms with Crippen molar-refractivity contribution in [2.24, 2.45) is 5.92 Å². The Balaban J connectivity index is 1.35. The molecule has 0 atom stereocenters. The second kappa shape index (κ2) is 8.76. The molecule has 9 heteroatoms. The van der Waals surface area contributed by atoms with E-state index in [0.717, 1.165) is 29.8 Å². The first-order valence-corrected chi connectivity index (χ1v) is 11.8. The summed E-state index contributed by atoms with van der Waals surface area (Å²) in [6.07, 6.45) is 2.97. The average Bonchev–Trinajstić information content (AvgIpc) is 3.11. The van der Waals surface area contributed by atoms with Crippen molar-refractivity contribution in [1.82, 2.24) is 24.1 Å². The van der Waals surface area contributed by atoms with Gasteiger partial charge in [-0.05, 0) is 63.3 Å². The fourth-order valence-electron chi connectivity index (χ4n) is 3.83. The minimum absolute atomic E-state index is 0.274. The van der Waals surface area contributed by atoms with Crippen LogP contribution in [0, 0.1) is 26.7 Å². The van der Waals surface area contributed by atoms with Gasteiger partial charge in [-0.1, -0.05) is 12.1 Å². The molecule has 1 aliphatic rings. The molecule has 3 aromatic rings. The minimum atomic E-state index is -3.45. The molecule has 1 fully saturated rings. The lowest BCUT2D eigenvalue weighted by molar-refractivity contribution is 0.181. The van der Waals surface area contributed by atoms with Crippen LogP contribution in [0.25, 0.3) is 5.82 Å². The quantitative estimate of drug-likeness (QED) is 0.584. The summed E-state index contributed by atoms with van der Waals surface area (Å²) in [5.41, 5.74) is 2.85. The summed E-state index contributed by atoms with van der Waals surface area (Å²) in [6.45, 7) is 7.28. The van der Waals surface area contributed by atoms with Crippen LogP contribution in [0.5, 0.6) is 5.88 Å². The lowest BCUT2D eigenvalue weighted by Gasteiger charge is -2.31. The molecule has 0 unspecified atom stereocenters. The lowest BCUT2D eigenvalue weighted by atomic mass is 9.99. The van der Waals surface area contributed by atoms with Crippen molar-refractivity contribution in [3.63, 3.8) is 0 Å². The van der Waals surface area contributed by atoms with Crippen LogP contribution in [0.3, 0.4) is 0 Å². The predicted octanol–water partition coefficient (Wildman–Crippen LogP) is 3.07. The van der Waals surface area contributed by atoms with Gasteiger partial charge in [0, 0.05) is 24.8 Å². The molecule has 2 aromatic heterocycles. The maximum atomic E-state index is 12.9. The van der Waals surface area contributed by atoms with Crippen molar-refractivity contribution in [1.29, 1.82) is 0 Å². The van der Waals surface area contributed by atoms with E-state index in [2.05, 4.69) is 15.1 Å². The second-order valence-electron chi connectivity index (χ2n) is 8.03. The molecule has 0 bridgehead atoms. The Hall–Kier alpha value is -2.78. The van der Waals surface area contributed by atoms with E-state index in [1.54, 1.807) is 33.3 Å². The number of aryl methyl sites for hydroxylation is 3. The van der Waals surface area contributed by atoms with Gasteiger partial charge in [-0.25, -0.2) is 23.1 Å². The number of benzene rings is 1. The van der Waals surface area contributed by atoms with Gasteiger partial charge in [0.2, 0.25) is 15.9 Å². The predicted molar refractivity (Wildman–Crippen MR) is 117 cm³/mol. The van der Waals surface area contributed by atoms with Gasteiger partial charge in [-0.15, -0.1) is 0 Å².